The van der Waals surface area contributed by atoms with Gasteiger partial charge in [0.15, 0.2) is 0 Å². The molecule has 0 aliphatic rings. The Hall–Kier alpha value is -1.46. The van der Waals surface area contributed by atoms with E-state index in [-0.39, 0.29) is 27.9 Å². The van der Waals surface area contributed by atoms with Crippen LogP contribution >= 0.6 is 23.2 Å². The molecule has 5 nitrogen and oxygen atoms in total. The molecule has 3 N–H and O–H groups in total. The summed E-state index contributed by atoms with van der Waals surface area (Å²) in [5, 5.41) is 2.85. The second kappa shape index (κ2) is 6.63. The largest absolute Gasteiger partial charge is 0.464 e. The highest BCUT2D eigenvalue weighted by Gasteiger charge is 2.18. The Kier molecular flexibility index (Phi) is 5.44. The number of esters is 1. The van der Waals surface area contributed by atoms with Gasteiger partial charge in [0.1, 0.15) is 6.04 Å². The second-order valence-electron chi connectivity index (χ2n) is 3.81. The molecule has 0 aliphatic heterocycles. The van der Waals surface area contributed by atoms with Gasteiger partial charge < -0.3 is 15.8 Å². The lowest BCUT2D eigenvalue weighted by atomic mass is 10.1. The first-order valence-electron chi connectivity index (χ1n) is 5.58. The smallest absolute Gasteiger partial charge is 0.328 e. The highest BCUT2D eigenvalue weighted by atomic mass is 35.5. The number of halogens is 2. The summed E-state index contributed by atoms with van der Waals surface area (Å²) in [5.41, 5.74) is 6.03. The van der Waals surface area contributed by atoms with Gasteiger partial charge in [0.2, 0.25) is 0 Å². The Morgan fingerprint density at radius 1 is 1.42 bits per heavy atom. The molecular weight excluding hydrogens is 291 g/mol. The molecule has 0 radical (unpaired) electrons. The van der Waals surface area contributed by atoms with Crippen LogP contribution in [0.3, 0.4) is 0 Å². The summed E-state index contributed by atoms with van der Waals surface area (Å²) in [4.78, 5) is 23.3. The molecule has 7 heteroatoms. The average molecular weight is 305 g/mol. The Morgan fingerprint density at radius 3 is 2.58 bits per heavy atom. The second-order valence-corrected chi connectivity index (χ2v) is 4.59. The number of carbonyl (C=O) groups is 2. The van der Waals surface area contributed by atoms with Crippen molar-refractivity contribution in [1.82, 2.24) is 5.32 Å². The van der Waals surface area contributed by atoms with E-state index in [2.05, 4.69) is 5.32 Å². The molecule has 1 rings (SSSR count). The maximum absolute atomic E-state index is 11.9. The molecule has 0 aliphatic carbocycles. The minimum absolute atomic E-state index is 0.176. The molecule has 1 atom stereocenters. The number of hydrogen-bond acceptors (Lipinski definition) is 4. The maximum atomic E-state index is 11.9. The lowest BCUT2D eigenvalue weighted by molar-refractivity contribution is -0.144. The van der Waals surface area contributed by atoms with E-state index in [0.717, 1.165) is 0 Å². The van der Waals surface area contributed by atoms with E-state index >= 15 is 0 Å². The molecule has 1 aromatic carbocycles. The molecule has 0 heterocycles. The first kappa shape index (κ1) is 15.6. The quantitative estimate of drug-likeness (QED) is 0.660. The van der Waals surface area contributed by atoms with Crippen LogP contribution in [0.15, 0.2) is 12.1 Å². The summed E-state index contributed by atoms with van der Waals surface area (Å²) in [7, 11) is 0. The van der Waals surface area contributed by atoms with E-state index in [1.807, 2.05) is 0 Å². The summed E-state index contributed by atoms with van der Waals surface area (Å²) < 4.78 is 4.78. The first-order chi connectivity index (χ1) is 8.86. The van der Waals surface area contributed by atoms with E-state index < -0.39 is 17.9 Å². The monoisotopic (exact) mass is 304 g/mol. The van der Waals surface area contributed by atoms with E-state index in [1.54, 1.807) is 6.92 Å². The fourth-order valence-corrected chi connectivity index (χ4v) is 1.68. The zero-order valence-corrected chi connectivity index (χ0v) is 12.0. The van der Waals surface area contributed by atoms with Gasteiger partial charge in [0, 0.05) is 5.56 Å². The van der Waals surface area contributed by atoms with Gasteiger partial charge in [-0.15, -0.1) is 0 Å². The minimum atomic E-state index is -0.761. The fraction of sp³-hybridized carbons (Fsp3) is 0.333. The highest BCUT2D eigenvalue weighted by Crippen LogP contribution is 2.29. The Bertz CT molecular complexity index is 483. The van der Waals surface area contributed by atoms with Crippen molar-refractivity contribution in [3.05, 3.63) is 27.7 Å². The number of amides is 1. The van der Waals surface area contributed by atoms with Crippen molar-refractivity contribution in [2.24, 2.45) is 0 Å². The number of nitrogens with one attached hydrogen (secondary N) is 1. The molecule has 0 spiro atoms. The Balaban J connectivity index is 2.82. The third-order valence-corrected chi connectivity index (χ3v) is 3.12. The molecule has 19 heavy (non-hydrogen) atoms. The molecule has 104 valence electrons. The molecule has 1 aromatic rings. The standard InChI is InChI=1S/C12H14Cl2N2O3/c1-3-19-12(18)6(2)16-11(17)7-4-8(13)10(14)9(15)5-7/h4-6H,3,15H2,1-2H3,(H,16,17). The SMILES string of the molecule is CCOC(=O)C(C)NC(=O)c1cc(N)c(Cl)c(Cl)c1. The van der Waals surface area contributed by atoms with Crippen LogP contribution in [0.5, 0.6) is 0 Å². The van der Waals surface area contributed by atoms with Crippen LogP contribution < -0.4 is 11.1 Å². The number of ether oxygens (including phenoxy) is 1. The summed E-state index contributed by atoms with van der Waals surface area (Å²) in [5.74, 6) is -0.991. The van der Waals surface area contributed by atoms with Crippen molar-refractivity contribution in [2.75, 3.05) is 12.3 Å². The minimum Gasteiger partial charge on any atom is -0.464 e. The summed E-state index contributed by atoms with van der Waals surface area (Å²) in [6.07, 6.45) is 0. The maximum Gasteiger partial charge on any atom is 0.328 e. The average Bonchev–Trinajstić information content (AvgIpc) is 2.35. The first-order valence-corrected chi connectivity index (χ1v) is 6.34. The highest BCUT2D eigenvalue weighted by molar-refractivity contribution is 6.43. The molecule has 0 bridgehead atoms. The van der Waals surface area contributed by atoms with Crippen LogP contribution in [-0.2, 0) is 9.53 Å². The zero-order valence-electron chi connectivity index (χ0n) is 10.5. The summed E-state index contributed by atoms with van der Waals surface area (Å²) >= 11 is 11.6. The Morgan fingerprint density at radius 2 is 2.05 bits per heavy atom. The van der Waals surface area contributed by atoms with Crippen molar-refractivity contribution >= 4 is 40.8 Å². The third-order valence-electron chi connectivity index (χ3n) is 2.31. The molecule has 1 amide bonds. The van der Waals surface area contributed by atoms with Gasteiger partial charge in [-0.3, -0.25) is 4.79 Å². The van der Waals surface area contributed by atoms with Crippen molar-refractivity contribution in [1.29, 1.82) is 0 Å². The van der Waals surface area contributed by atoms with Gasteiger partial charge in [0.05, 0.1) is 22.3 Å². The topological polar surface area (TPSA) is 81.4 Å². The summed E-state index contributed by atoms with van der Waals surface area (Å²) in [6, 6.07) is 2.01. The number of nitrogen functional groups attached to an aromatic ring is 1. The van der Waals surface area contributed by atoms with Gasteiger partial charge in [-0.25, -0.2) is 4.79 Å². The van der Waals surface area contributed by atoms with Crippen molar-refractivity contribution in [2.45, 2.75) is 19.9 Å². The molecule has 0 aromatic heterocycles. The van der Waals surface area contributed by atoms with E-state index in [0.29, 0.717) is 0 Å². The van der Waals surface area contributed by atoms with Crippen molar-refractivity contribution in [3.63, 3.8) is 0 Å². The van der Waals surface area contributed by atoms with Gasteiger partial charge in [-0.1, -0.05) is 23.2 Å². The number of rotatable bonds is 4. The normalized spacial score (nSPS) is 11.8. The lowest BCUT2D eigenvalue weighted by Crippen LogP contribution is -2.39. The van der Waals surface area contributed by atoms with Gasteiger partial charge in [-0.05, 0) is 26.0 Å². The fourth-order valence-electron chi connectivity index (χ4n) is 1.35. The van der Waals surface area contributed by atoms with Gasteiger partial charge in [0.25, 0.3) is 5.91 Å². The van der Waals surface area contributed by atoms with Crippen LogP contribution in [0.1, 0.15) is 24.2 Å². The Labute approximate surface area is 121 Å². The zero-order chi connectivity index (χ0) is 14.6. The van der Waals surface area contributed by atoms with Crippen LogP contribution in [0.25, 0.3) is 0 Å². The van der Waals surface area contributed by atoms with Crippen LogP contribution in [0, 0.1) is 0 Å². The van der Waals surface area contributed by atoms with Crippen molar-refractivity contribution in [3.8, 4) is 0 Å². The number of hydrogen-bond donors (Lipinski definition) is 2. The van der Waals surface area contributed by atoms with Crippen LogP contribution in [0.2, 0.25) is 10.0 Å². The van der Waals surface area contributed by atoms with E-state index in [9.17, 15) is 9.59 Å². The number of anilines is 1. The number of benzene rings is 1. The molecule has 1 unspecified atom stereocenters. The van der Waals surface area contributed by atoms with Crippen LogP contribution in [-0.4, -0.2) is 24.5 Å². The van der Waals surface area contributed by atoms with Crippen LogP contribution in [0.4, 0.5) is 5.69 Å². The molecule has 0 saturated heterocycles. The predicted molar refractivity (Wildman–Crippen MR) is 74.4 cm³/mol. The number of carbonyl (C=O) groups excluding carboxylic acids is 2. The third kappa shape index (κ3) is 4.01. The summed E-state index contributed by atoms with van der Waals surface area (Å²) in [6.45, 7) is 3.46. The lowest BCUT2D eigenvalue weighted by Gasteiger charge is -2.13. The molecule has 0 saturated carbocycles. The van der Waals surface area contributed by atoms with Gasteiger partial charge >= 0.3 is 5.97 Å². The van der Waals surface area contributed by atoms with Gasteiger partial charge in [-0.2, -0.15) is 0 Å². The van der Waals surface area contributed by atoms with E-state index in [4.69, 9.17) is 33.7 Å². The van der Waals surface area contributed by atoms with E-state index in [1.165, 1.54) is 19.1 Å². The van der Waals surface area contributed by atoms with Crippen molar-refractivity contribution < 1.29 is 14.3 Å². The molecular formula is C12H14Cl2N2O3. The molecule has 0 fully saturated rings. The number of nitrogens with two attached hydrogens (primary N) is 1. The predicted octanol–water partition coefficient (Wildman–Crippen LogP) is 2.26.